The fourth-order valence-corrected chi connectivity index (χ4v) is 0.667. The highest BCUT2D eigenvalue weighted by Gasteiger charge is 2.13. The summed E-state index contributed by atoms with van der Waals surface area (Å²) in [5.74, 6) is -0.552. The number of carbonyl (C=O) groups is 1. The Labute approximate surface area is 73.0 Å². The van der Waals surface area contributed by atoms with Crippen molar-refractivity contribution in [2.24, 2.45) is 0 Å². The summed E-state index contributed by atoms with van der Waals surface area (Å²) in [5.41, 5.74) is 0. The van der Waals surface area contributed by atoms with E-state index in [0.29, 0.717) is 6.61 Å². The van der Waals surface area contributed by atoms with Gasteiger partial charge in [0.15, 0.2) is 6.10 Å². The van der Waals surface area contributed by atoms with Crippen LogP contribution in [0, 0.1) is 0 Å². The van der Waals surface area contributed by atoms with Gasteiger partial charge in [0.05, 0.1) is 6.61 Å². The van der Waals surface area contributed by atoms with E-state index in [2.05, 4.69) is 6.58 Å². The number of rotatable bonds is 6. The van der Waals surface area contributed by atoms with Gasteiger partial charge >= 0.3 is 5.97 Å². The molecule has 3 nitrogen and oxygen atoms in total. The fraction of sp³-hybridized carbons (Fsp3) is 0.667. The maximum absolute atomic E-state index is 10.9. The molecule has 1 N–H and O–H groups in total. The van der Waals surface area contributed by atoms with Crippen molar-refractivity contribution in [2.75, 3.05) is 6.61 Å². The van der Waals surface area contributed by atoms with E-state index >= 15 is 0 Å². The van der Waals surface area contributed by atoms with Crippen molar-refractivity contribution in [3.63, 3.8) is 0 Å². The maximum Gasteiger partial charge on any atom is 0.335 e. The van der Waals surface area contributed by atoms with E-state index < -0.39 is 12.1 Å². The van der Waals surface area contributed by atoms with Crippen LogP contribution in [0.2, 0.25) is 0 Å². The van der Waals surface area contributed by atoms with Gasteiger partial charge < -0.3 is 9.84 Å². The van der Waals surface area contributed by atoms with Gasteiger partial charge in [-0.15, -0.1) is 6.58 Å². The predicted octanol–water partition coefficient (Wildman–Crippen LogP) is 1.27. The van der Waals surface area contributed by atoms with Crippen LogP contribution in [-0.4, -0.2) is 23.8 Å². The molecule has 0 aromatic carbocycles. The highest BCUT2D eigenvalue weighted by atomic mass is 16.5. The Balaban J connectivity index is 3.49. The van der Waals surface area contributed by atoms with E-state index in [9.17, 15) is 4.79 Å². The van der Waals surface area contributed by atoms with Gasteiger partial charge in [-0.3, -0.25) is 0 Å². The lowest BCUT2D eigenvalue weighted by Gasteiger charge is -2.07. The lowest BCUT2D eigenvalue weighted by atomic mass is 10.2. The second kappa shape index (κ2) is 6.85. The monoisotopic (exact) mass is 172 g/mol. The van der Waals surface area contributed by atoms with Crippen molar-refractivity contribution < 1.29 is 14.6 Å². The topological polar surface area (TPSA) is 46.5 Å². The van der Waals surface area contributed by atoms with Crippen molar-refractivity contribution in [1.82, 2.24) is 0 Å². The number of esters is 1. The average Bonchev–Trinajstić information content (AvgIpc) is 2.05. The Morgan fingerprint density at radius 1 is 1.75 bits per heavy atom. The summed E-state index contributed by atoms with van der Waals surface area (Å²) in [5, 5.41) is 9.07. The van der Waals surface area contributed by atoms with Crippen LogP contribution in [0.5, 0.6) is 0 Å². The molecule has 1 unspecified atom stereocenters. The lowest BCUT2D eigenvalue weighted by molar-refractivity contribution is -0.153. The second-order valence-electron chi connectivity index (χ2n) is 2.56. The summed E-state index contributed by atoms with van der Waals surface area (Å²) in [6.07, 6.45) is 2.52. The van der Waals surface area contributed by atoms with E-state index in [4.69, 9.17) is 9.84 Å². The first-order valence-electron chi connectivity index (χ1n) is 4.18. The Kier molecular flexibility index (Phi) is 6.38. The van der Waals surface area contributed by atoms with Gasteiger partial charge in [0.2, 0.25) is 0 Å². The molecule has 0 saturated heterocycles. The molecule has 3 heteroatoms. The molecule has 1 atom stereocenters. The molecule has 0 aliphatic heterocycles. The molecule has 0 rings (SSSR count). The number of hydrogen-bond acceptors (Lipinski definition) is 3. The molecule has 0 aromatic heterocycles. The summed E-state index contributed by atoms with van der Waals surface area (Å²) in [6.45, 7) is 5.81. The zero-order chi connectivity index (χ0) is 9.40. The highest BCUT2D eigenvalue weighted by molar-refractivity contribution is 5.74. The van der Waals surface area contributed by atoms with Gasteiger partial charge in [0, 0.05) is 6.42 Å². The van der Waals surface area contributed by atoms with Crippen molar-refractivity contribution in [1.29, 1.82) is 0 Å². The van der Waals surface area contributed by atoms with Crippen LogP contribution in [0.4, 0.5) is 0 Å². The van der Waals surface area contributed by atoms with E-state index in [1.54, 1.807) is 0 Å². The van der Waals surface area contributed by atoms with Gasteiger partial charge in [-0.05, 0) is 6.42 Å². The van der Waals surface area contributed by atoms with E-state index in [-0.39, 0.29) is 6.42 Å². The number of carbonyl (C=O) groups excluding carboxylic acids is 1. The first kappa shape index (κ1) is 11.2. The molecule has 12 heavy (non-hydrogen) atoms. The molecule has 0 bridgehead atoms. The number of ether oxygens (including phenoxy) is 1. The smallest absolute Gasteiger partial charge is 0.335 e. The molecule has 70 valence electrons. The summed E-state index contributed by atoms with van der Waals surface area (Å²) in [6, 6.07) is 0. The van der Waals surface area contributed by atoms with Gasteiger partial charge in [-0.2, -0.15) is 0 Å². The number of aliphatic hydroxyl groups excluding tert-OH is 1. The highest BCUT2D eigenvalue weighted by Crippen LogP contribution is 1.97. The molecule has 0 radical (unpaired) electrons. The molecule has 0 aromatic rings. The zero-order valence-electron chi connectivity index (χ0n) is 7.45. The van der Waals surface area contributed by atoms with Crippen molar-refractivity contribution in [3.05, 3.63) is 12.7 Å². The molecular formula is C9H16O3. The number of hydrogen-bond donors (Lipinski definition) is 1. The molecule has 0 fully saturated rings. The minimum absolute atomic E-state index is 0.255. The first-order chi connectivity index (χ1) is 5.72. The van der Waals surface area contributed by atoms with Crippen LogP contribution in [0.3, 0.4) is 0 Å². The SMILES string of the molecule is C=CCC(O)C(=O)OCCCC. The number of aliphatic hydroxyl groups is 1. The standard InChI is InChI=1S/C9H16O3/c1-3-5-7-12-9(11)8(10)6-4-2/h4,8,10H,2-3,5-7H2,1H3. The minimum atomic E-state index is -1.04. The van der Waals surface area contributed by atoms with Gasteiger partial charge in [0.1, 0.15) is 0 Å². The molecule has 0 spiro atoms. The maximum atomic E-state index is 10.9. The Morgan fingerprint density at radius 3 is 2.92 bits per heavy atom. The Bertz CT molecular complexity index is 143. The van der Waals surface area contributed by atoms with Crippen LogP contribution in [-0.2, 0) is 9.53 Å². The van der Waals surface area contributed by atoms with Gasteiger partial charge in [-0.1, -0.05) is 19.4 Å². The van der Waals surface area contributed by atoms with Crippen molar-refractivity contribution >= 4 is 5.97 Å². The third-order valence-corrected chi connectivity index (χ3v) is 1.40. The zero-order valence-corrected chi connectivity index (χ0v) is 7.45. The van der Waals surface area contributed by atoms with E-state index in [1.165, 1.54) is 6.08 Å². The van der Waals surface area contributed by atoms with Crippen LogP contribution in [0.15, 0.2) is 12.7 Å². The quantitative estimate of drug-likeness (QED) is 0.373. The lowest BCUT2D eigenvalue weighted by Crippen LogP contribution is -2.22. The summed E-state index contributed by atoms with van der Waals surface area (Å²) in [7, 11) is 0. The average molecular weight is 172 g/mol. The third kappa shape index (κ3) is 4.91. The van der Waals surface area contributed by atoms with E-state index in [1.807, 2.05) is 6.92 Å². The molecule has 0 amide bonds. The van der Waals surface area contributed by atoms with Crippen LogP contribution in [0.25, 0.3) is 0 Å². The van der Waals surface area contributed by atoms with Crippen LogP contribution < -0.4 is 0 Å². The first-order valence-corrected chi connectivity index (χ1v) is 4.18. The Morgan fingerprint density at radius 2 is 2.42 bits per heavy atom. The van der Waals surface area contributed by atoms with Gasteiger partial charge in [-0.25, -0.2) is 4.79 Å². The largest absolute Gasteiger partial charge is 0.464 e. The van der Waals surface area contributed by atoms with Crippen molar-refractivity contribution in [2.45, 2.75) is 32.3 Å². The molecule has 0 aliphatic rings. The molecule has 0 heterocycles. The molecule has 0 saturated carbocycles. The summed E-state index contributed by atoms with van der Waals surface area (Å²) < 4.78 is 4.76. The Hall–Kier alpha value is -0.830. The normalized spacial score (nSPS) is 12.2. The third-order valence-electron chi connectivity index (χ3n) is 1.40. The molecular weight excluding hydrogens is 156 g/mol. The number of unbranched alkanes of at least 4 members (excludes halogenated alkanes) is 1. The fourth-order valence-electron chi connectivity index (χ4n) is 0.667. The van der Waals surface area contributed by atoms with Gasteiger partial charge in [0.25, 0.3) is 0 Å². The second-order valence-corrected chi connectivity index (χ2v) is 2.56. The summed E-state index contributed by atoms with van der Waals surface area (Å²) >= 11 is 0. The van der Waals surface area contributed by atoms with Crippen LogP contribution in [0.1, 0.15) is 26.2 Å². The molecule has 0 aliphatic carbocycles. The summed E-state index contributed by atoms with van der Waals surface area (Å²) in [4.78, 5) is 10.9. The minimum Gasteiger partial charge on any atom is -0.464 e. The van der Waals surface area contributed by atoms with Crippen molar-refractivity contribution in [3.8, 4) is 0 Å². The van der Waals surface area contributed by atoms with Crippen LogP contribution >= 0.6 is 0 Å². The van der Waals surface area contributed by atoms with E-state index in [0.717, 1.165) is 12.8 Å². The predicted molar refractivity (Wildman–Crippen MR) is 46.7 cm³/mol.